The van der Waals surface area contributed by atoms with Crippen LogP contribution >= 0.6 is 22.9 Å². The monoisotopic (exact) mass is 226 g/mol. The molecule has 0 aliphatic heterocycles. The molecule has 0 atom stereocenters. The fourth-order valence-corrected chi connectivity index (χ4v) is 1.81. The summed E-state index contributed by atoms with van der Waals surface area (Å²) in [5, 5.41) is 0. The molecule has 13 heavy (non-hydrogen) atoms. The van der Waals surface area contributed by atoms with Gasteiger partial charge in [-0.2, -0.15) is 13.2 Å². The molecule has 0 aliphatic rings. The third-order valence-electron chi connectivity index (χ3n) is 1.40. The van der Waals surface area contributed by atoms with Crippen molar-refractivity contribution in [3.63, 3.8) is 0 Å². The Hall–Kier alpha value is -0.480. The summed E-state index contributed by atoms with van der Waals surface area (Å²) in [7, 11) is 0. The highest BCUT2D eigenvalue weighted by Crippen LogP contribution is 2.36. The van der Waals surface area contributed by atoms with Crippen molar-refractivity contribution in [2.45, 2.75) is 6.18 Å². The van der Waals surface area contributed by atoms with E-state index in [1.54, 1.807) is 0 Å². The van der Waals surface area contributed by atoms with Crippen LogP contribution in [0.15, 0.2) is 18.7 Å². The Labute approximate surface area is 82.6 Å². The number of halogens is 4. The molecule has 0 saturated carbocycles. The second-order valence-electron chi connectivity index (χ2n) is 2.40. The summed E-state index contributed by atoms with van der Waals surface area (Å²) in [4.78, 5) is -0.129. The van der Waals surface area contributed by atoms with Gasteiger partial charge in [0.1, 0.15) is 4.88 Å². The molecule has 0 bridgehead atoms. The number of alkyl halides is 4. The minimum absolute atomic E-state index is 0.151. The van der Waals surface area contributed by atoms with Gasteiger partial charge in [0.25, 0.3) is 0 Å². The average Bonchev–Trinajstić information content (AvgIpc) is 2.50. The molecular formula is C8H6ClF3S. The lowest BCUT2D eigenvalue weighted by atomic mass is 10.3. The van der Waals surface area contributed by atoms with E-state index in [2.05, 4.69) is 6.58 Å². The Morgan fingerprint density at radius 2 is 2.08 bits per heavy atom. The highest BCUT2D eigenvalue weighted by molar-refractivity contribution is 7.13. The fourth-order valence-electron chi connectivity index (χ4n) is 0.746. The molecule has 0 amide bonds. The number of thiophene rings is 1. The Morgan fingerprint density at radius 1 is 1.46 bits per heavy atom. The van der Waals surface area contributed by atoms with E-state index in [1.807, 2.05) is 0 Å². The van der Waals surface area contributed by atoms with Crippen LogP contribution in [0, 0.1) is 0 Å². The molecule has 0 spiro atoms. The lowest BCUT2D eigenvalue weighted by Crippen LogP contribution is -2.00. The molecule has 1 aromatic rings. The van der Waals surface area contributed by atoms with Crippen LogP contribution in [-0.2, 0) is 6.18 Å². The molecule has 0 saturated heterocycles. The van der Waals surface area contributed by atoms with Gasteiger partial charge in [0.15, 0.2) is 0 Å². The zero-order valence-corrected chi connectivity index (χ0v) is 8.06. The molecular weight excluding hydrogens is 221 g/mol. The molecule has 1 rings (SSSR count). The molecule has 1 aromatic heterocycles. The summed E-state index contributed by atoms with van der Waals surface area (Å²) in [6.45, 7) is 3.55. The van der Waals surface area contributed by atoms with E-state index in [1.165, 1.54) is 6.07 Å². The van der Waals surface area contributed by atoms with Crippen LogP contribution in [-0.4, -0.2) is 5.88 Å². The summed E-state index contributed by atoms with van der Waals surface area (Å²) in [5.41, 5.74) is 0.516. The van der Waals surface area contributed by atoms with Gasteiger partial charge < -0.3 is 0 Å². The third kappa shape index (κ3) is 2.48. The summed E-state index contributed by atoms with van der Waals surface area (Å²) >= 11 is 6.10. The van der Waals surface area contributed by atoms with Gasteiger partial charge in [0.05, 0.1) is 0 Å². The molecule has 0 unspecified atom stereocenters. The molecule has 0 nitrogen and oxygen atoms in total. The van der Waals surface area contributed by atoms with Gasteiger partial charge in [-0.3, -0.25) is 0 Å². The van der Waals surface area contributed by atoms with Gasteiger partial charge in [-0.1, -0.05) is 6.58 Å². The Morgan fingerprint density at radius 3 is 2.46 bits per heavy atom. The van der Waals surface area contributed by atoms with Crippen molar-refractivity contribution in [1.29, 1.82) is 0 Å². The van der Waals surface area contributed by atoms with E-state index < -0.39 is 11.1 Å². The number of rotatable bonds is 2. The van der Waals surface area contributed by atoms with Crippen molar-refractivity contribution in [3.8, 4) is 0 Å². The Balaban J connectivity index is 2.93. The van der Waals surface area contributed by atoms with Crippen LogP contribution in [0.5, 0.6) is 0 Å². The standard InChI is InChI=1S/C8H6ClF3S/c1-5(4-9)6-2-3-7(13-6)8(10,11)12/h2-3H,1,4H2. The first-order chi connectivity index (χ1) is 5.95. The number of hydrogen-bond donors (Lipinski definition) is 0. The van der Waals surface area contributed by atoms with Gasteiger partial charge in [0.2, 0.25) is 0 Å². The largest absolute Gasteiger partial charge is 0.425 e. The van der Waals surface area contributed by atoms with Gasteiger partial charge >= 0.3 is 6.18 Å². The molecule has 0 N–H and O–H groups in total. The van der Waals surface area contributed by atoms with E-state index in [0.717, 1.165) is 6.07 Å². The lowest BCUT2D eigenvalue weighted by Gasteiger charge is -2.00. The lowest BCUT2D eigenvalue weighted by molar-refractivity contribution is -0.134. The van der Waals surface area contributed by atoms with Crippen molar-refractivity contribution < 1.29 is 13.2 Å². The average molecular weight is 227 g/mol. The van der Waals surface area contributed by atoms with E-state index in [9.17, 15) is 13.2 Å². The number of hydrogen-bond acceptors (Lipinski definition) is 1. The second kappa shape index (κ2) is 3.72. The second-order valence-corrected chi connectivity index (χ2v) is 3.75. The van der Waals surface area contributed by atoms with E-state index in [-0.39, 0.29) is 5.88 Å². The first-order valence-electron chi connectivity index (χ1n) is 3.36. The third-order valence-corrected chi connectivity index (χ3v) is 2.95. The van der Waals surface area contributed by atoms with Crippen LogP contribution < -0.4 is 0 Å². The molecule has 0 aromatic carbocycles. The fraction of sp³-hybridized carbons (Fsp3) is 0.250. The smallest absolute Gasteiger partial charge is 0.165 e. The van der Waals surface area contributed by atoms with Gasteiger partial charge in [-0.05, 0) is 17.7 Å². The van der Waals surface area contributed by atoms with E-state index in [4.69, 9.17) is 11.6 Å². The van der Waals surface area contributed by atoms with Crippen molar-refractivity contribution in [3.05, 3.63) is 28.5 Å². The Kier molecular flexibility index (Phi) is 3.03. The molecule has 1 heterocycles. The van der Waals surface area contributed by atoms with Crippen molar-refractivity contribution in [2.75, 3.05) is 5.88 Å². The first-order valence-corrected chi connectivity index (χ1v) is 4.71. The summed E-state index contributed by atoms with van der Waals surface area (Å²) in [5.74, 6) is 0.151. The van der Waals surface area contributed by atoms with Crippen LogP contribution in [0.25, 0.3) is 5.57 Å². The van der Waals surface area contributed by atoms with Crippen molar-refractivity contribution in [1.82, 2.24) is 0 Å². The van der Waals surface area contributed by atoms with Gasteiger partial charge in [0, 0.05) is 10.8 Å². The maximum absolute atomic E-state index is 12.1. The minimum Gasteiger partial charge on any atom is -0.165 e. The number of allylic oxidation sites excluding steroid dienone is 1. The first kappa shape index (κ1) is 10.6. The molecule has 72 valence electrons. The highest BCUT2D eigenvalue weighted by Gasteiger charge is 2.32. The molecule has 5 heteroatoms. The summed E-state index contributed by atoms with van der Waals surface area (Å²) in [6.07, 6.45) is -4.27. The predicted molar refractivity (Wildman–Crippen MR) is 49.1 cm³/mol. The topological polar surface area (TPSA) is 0 Å². The summed E-state index contributed by atoms with van der Waals surface area (Å²) in [6, 6.07) is 2.43. The maximum Gasteiger partial charge on any atom is 0.425 e. The van der Waals surface area contributed by atoms with Crippen molar-refractivity contribution >= 4 is 28.5 Å². The van der Waals surface area contributed by atoms with Crippen LogP contribution in [0.4, 0.5) is 13.2 Å². The molecule has 0 aliphatic carbocycles. The normalized spacial score (nSPS) is 11.7. The van der Waals surface area contributed by atoms with Gasteiger partial charge in [-0.25, -0.2) is 0 Å². The molecule has 0 fully saturated rings. The van der Waals surface area contributed by atoms with Crippen LogP contribution in [0.2, 0.25) is 0 Å². The van der Waals surface area contributed by atoms with Crippen LogP contribution in [0.1, 0.15) is 9.75 Å². The minimum atomic E-state index is -4.27. The van der Waals surface area contributed by atoms with Gasteiger partial charge in [-0.15, -0.1) is 22.9 Å². The van der Waals surface area contributed by atoms with Crippen LogP contribution in [0.3, 0.4) is 0 Å². The zero-order valence-electron chi connectivity index (χ0n) is 6.49. The highest BCUT2D eigenvalue weighted by atomic mass is 35.5. The predicted octanol–water partition coefficient (Wildman–Crippen LogP) is 4.02. The van der Waals surface area contributed by atoms with E-state index in [0.29, 0.717) is 21.8 Å². The van der Waals surface area contributed by atoms with E-state index >= 15 is 0 Å². The molecule has 0 radical (unpaired) electrons. The SMILES string of the molecule is C=C(CCl)c1ccc(C(F)(F)F)s1. The quantitative estimate of drug-likeness (QED) is 0.669. The van der Waals surface area contributed by atoms with Crippen molar-refractivity contribution in [2.24, 2.45) is 0 Å². The Bertz CT molecular complexity index is 313. The zero-order chi connectivity index (χ0) is 10.1. The summed E-state index contributed by atoms with van der Waals surface area (Å²) < 4.78 is 36.3. The maximum atomic E-state index is 12.1.